The highest BCUT2D eigenvalue weighted by Crippen LogP contribution is 2.30. The van der Waals surface area contributed by atoms with Gasteiger partial charge in [0.15, 0.2) is 0 Å². The molecule has 0 fully saturated rings. The van der Waals surface area contributed by atoms with Crippen LogP contribution in [0, 0.1) is 5.82 Å². The van der Waals surface area contributed by atoms with Crippen molar-refractivity contribution in [3.8, 4) is 5.75 Å². The third-order valence-corrected chi connectivity index (χ3v) is 3.79. The van der Waals surface area contributed by atoms with Crippen molar-refractivity contribution in [2.45, 2.75) is 25.8 Å². The number of hydrogen-bond acceptors (Lipinski definition) is 3. The van der Waals surface area contributed by atoms with Gasteiger partial charge in [0.1, 0.15) is 17.1 Å². The number of rotatable bonds is 4. The molecule has 0 aliphatic rings. The van der Waals surface area contributed by atoms with Gasteiger partial charge >= 0.3 is 5.97 Å². The quantitative estimate of drug-likeness (QED) is 0.810. The van der Waals surface area contributed by atoms with Gasteiger partial charge in [-0.15, -0.1) is 0 Å². The van der Waals surface area contributed by atoms with E-state index >= 15 is 0 Å². The van der Waals surface area contributed by atoms with Gasteiger partial charge in [-0.25, -0.2) is 9.18 Å². The molecule has 6 heteroatoms. The van der Waals surface area contributed by atoms with Gasteiger partial charge in [0.2, 0.25) is 0 Å². The van der Waals surface area contributed by atoms with Crippen LogP contribution in [-0.2, 0) is 4.79 Å². The number of aromatic hydroxyl groups is 1. The molecule has 0 bridgehead atoms. The standard InChI is InChI=1S/C16H16FNO4/c1-3-16(2,15(21)22)18-14(20)11-8-7-9-10(13(11)19)5-4-6-12(9)17/h4-8,19H,3H2,1-2H3,(H,18,20)(H,21,22). The van der Waals surface area contributed by atoms with Crippen LogP contribution in [0.2, 0.25) is 0 Å². The zero-order chi connectivity index (χ0) is 16.5. The lowest BCUT2D eigenvalue weighted by atomic mass is 9.97. The highest BCUT2D eigenvalue weighted by molar-refractivity contribution is 6.05. The van der Waals surface area contributed by atoms with Gasteiger partial charge in [0, 0.05) is 10.8 Å². The van der Waals surface area contributed by atoms with E-state index in [9.17, 15) is 24.2 Å². The van der Waals surface area contributed by atoms with E-state index < -0.39 is 23.2 Å². The van der Waals surface area contributed by atoms with E-state index in [2.05, 4.69) is 5.32 Å². The molecule has 0 radical (unpaired) electrons. The average Bonchev–Trinajstić information content (AvgIpc) is 2.48. The molecule has 0 heterocycles. The summed E-state index contributed by atoms with van der Waals surface area (Å²) in [5, 5.41) is 22.1. The minimum atomic E-state index is -1.44. The number of carbonyl (C=O) groups is 2. The van der Waals surface area contributed by atoms with Crippen molar-refractivity contribution in [1.82, 2.24) is 5.32 Å². The van der Waals surface area contributed by atoms with Crippen LogP contribution in [0.3, 0.4) is 0 Å². The van der Waals surface area contributed by atoms with Crippen LogP contribution in [0.5, 0.6) is 5.75 Å². The van der Waals surface area contributed by atoms with E-state index in [1.54, 1.807) is 6.92 Å². The molecule has 5 nitrogen and oxygen atoms in total. The lowest BCUT2D eigenvalue weighted by Gasteiger charge is -2.24. The van der Waals surface area contributed by atoms with E-state index in [4.69, 9.17) is 0 Å². The third kappa shape index (κ3) is 2.59. The second kappa shape index (κ2) is 5.63. The van der Waals surface area contributed by atoms with Crippen molar-refractivity contribution >= 4 is 22.6 Å². The summed E-state index contributed by atoms with van der Waals surface area (Å²) in [5.41, 5.74) is -1.54. The van der Waals surface area contributed by atoms with Gasteiger partial charge in [-0.05, 0) is 25.5 Å². The van der Waals surface area contributed by atoms with Gasteiger partial charge < -0.3 is 15.5 Å². The number of phenols is 1. The minimum Gasteiger partial charge on any atom is -0.506 e. The summed E-state index contributed by atoms with van der Waals surface area (Å²) in [6.45, 7) is 3.01. The van der Waals surface area contributed by atoms with Crippen LogP contribution in [0.1, 0.15) is 30.6 Å². The maximum Gasteiger partial charge on any atom is 0.329 e. The Labute approximate surface area is 126 Å². The smallest absolute Gasteiger partial charge is 0.329 e. The topological polar surface area (TPSA) is 86.6 Å². The minimum absolute atomic E-state index is 0.0981. The number of carbonyl (C=O) groups excluding carboxylic acids is 1. The Balaban J connectivity index is 2.45. The van der Waals surface area contributed by atoms with Crippen LogP contribution in [0.15, 0.2) is 30.3 Å². The monoisotopic (exact) mass is 305 g/mol. The number of carboxylic acids is 1. The molecule has 3 N–H and O–H groups in total. The number of phenolic OH excluding ortho intramolecular Hbond substituents is 1. The SMILES string of the molecule is CCC(C)(NC(=O)c1ccc2c(F)cccc2c1O)C(=O)O. The fourth-order valence-electron chi connectivity index (χ4n) is 2.10. The first kappa shape index (κ1) is 15.8. The highest BCUT2D eigenvalue weighted by Gasteiger charge is 2.33. The number of aliphatic carboxylic acids is 1. The van der Waals surface area contributed by atoms with Crippen molar-refractivity contribution in [2.75, 3.05) is 0 Å². The Morgan fingerprint density at radius 1 is 1.23 bits per heavy atom. The zero-order valence-electron chi connectivity index (χ0n) is 12.2. The Kier molecular flexibility index (Phi) is 4.03. The van der Waals surface area contributed by atoms with Gasteiger partial charge in [0.25, 0.3) is 5.91 Å². The fourth-order valence-corrected chi connectivity index (χ4v) is 2.10. The van der Waals surface area contributed by atoms with Crippen molar-refractivity contribution in [3.05, 3.63) is 41.7 Å². The average molecular weight is 305 g/mol. The molecule has 2 aromatic carbocycles. The van der Waals surface area contributed by atoms with Crippen molar-refractivity contribution in [1.29, 1.82) is 0 Å². The molecular formula is C16H16FNO4. The van der Waals surface area contributed by atoms with Gasteiger partial charge in [-0.3, -0.25) is 4.79 Å². The molecule has 0 saturated carbocycles. The van der Waals surface area contributed by atoms with Crippen LogP contribution in [0.4, 0.5) is 4.39 Å². The number of benzene rings is 2. The van der Waals surface area contributed by atoms with Crippen LogP contribution < -0.4 is 5.32 Å². The van der Waals surface area contributed by atoms with Gasteiger partial charge in [0.05, 0.1) is 5.56 Å². The van der Waals surface area contributed by atoms with E-state index in [1.807, 2.05) is 0 Å². The van der Waals surface area contributed by atoms with Gasteiger partial charge in [-0.1, -0.05) is 25.1 Å². The summed E-state index contributed by atoms with van der Waals surface area (Å²) in [7, 11) is 0. The van der Waals surface area contributed by atoms with Crippen LogP contribution in [-0.4, -0.2) is 27.6 Å². The summed E-state index contributed by atoms with van der Waals surface area (Å²) in [5.74, 6) is -2.79. The largest absolute Gasteiger partial charge is 0.506 e. The molecule has 0 aromatic heterocycles. The number of carboxylic acid groups (broad SMARTS) is 1. The molecule has 22 heavy (non-hydrogen) atoms. The summed E-state index contributed by atoms with van der Waals surface area (Å²) >= 11 is 0. The third-order valence-electron chi connectivity index (χ3n) is 3.79. The predicted molar refractivity (Wildman–Crippen MR) is 79.4 cm³/mol. The maximum absolute atomic E-state index is 13.6. The fraction of sp³-hybridized carbons (Fsp3) is 0.250. The summed E-state index contributed by atoms with van der Waals surface area (Å²) < 4.78 is 13.6. The molecule has 0 aliphatic heterocycles. The number of nitrogens with one attached hydrogen (secondary N) is 1. The molecule has 2 rings (SSSR count). The number of hydrogen-bond donors (Lipinski definition) is 3. The molecule has 0 spiro atoms. The zero-order valence-corrected chi connectivity index (χ0v) is 12.2. The molecule has 1 unspecified atom stereocenters. The Bertz CT molecular complexity index is 759. The molecule has 1 amide bonds. The molecule has 0 saturated heterocycles. The first-order valence-corrected chi connectivity index (χ1v) is 6.76. The Morgan fingerprint density at radius 3 is 2.50 bits per heavy atom. The van der Waals surface area contributed by atoms with Crippen LogP contribution >= 0.6 is 0 Å². The van der Waals surface area contributed by atoms with Crippen molar-refractivity contribution in [2.24, 2.45) is 0 Å². The van der Waals surface area contributed by atoms with E-state index in [1.165, 1.54) is 37.3 Å². The highest BCUT2D eigenvalue weighted by atomic mass is 19.1. The number of halogens is 1. The first-order chi connectivity index (χ1) is 10.3. The lowest BCUT2D eigenvalue weighted by molar-refractivity contribution is -0.143. The van der Waals surface area contributed by atoms with Crippen LogP contribution in [0.25, 0.3) is 10.8 Å². The predicted octanol–water partition coefficient (Wildman–Crippen LogP) is 2.67. The summed E-state index contributed by atoms with van der Waals surface area (Å²) in [6.07, 6.45) is 0.178. The van der Waals surface area contributed by atoms with E-state index in [0.717, 1.165) is 0 Å². The molecule has 1 atom stereocenters. The summed E-state index contributed by atoms with van der Waals surface area (Å²) in [6, 6.07) is 6.81. The van der Waals surface area contributed by atoms with E-state index in [-0.39, 0.29) is 28.5 Å². The molecule has 2 aromatic rings. The normalized spacial score (nSPS) is 13.6. The lowest BCUT2D eigenvalue weighted by Crippen LogP contribution is -2.51. The first-order valence-electron chi connectivity index (χ1n) is 6.76. The van der Waals surface area contributed by atoms with E-state index in [0.29, 0.717) is 0 Å². The van der Waals surface area contributed by atoms with Crippen molar-refractivity contribution < 1.29 is 24.2 Å². The number of fused-ring (bicyclic) bond motifs is 1. The Morgan fingerprint density at radius 2 is 1.91 bits per heavy atom. The second-order valence-electron chi connectivity index (χ2n) is 5.24. The summed E-state index contributed by atoms with van der Waals surface area (Å²) in [4.78, 5) is 23.5. The second-order valence-corrected chi connectivity index (χ2v) is 5.24. The van der Waals surface area contributed by atoms with Crippen molar-refractivity contribution in [3.63, 3.8) is 0 Å². The molecule has 0 aliphatic carbocycles. The van der Waals surface area contributed by atoms with Gasteiger partial charge in [-0.2, -0.15) is 0 Å². The Hall–Kier alpha value is -2.63. The number of amides is 1. The maximum atomic E-state index is 13.6. The molecule has 116 valence electrons. The molecular weight excluding hydrogens is 289 g/mol.